The van der Waals surface area contributed by atoms with Gasteiger partial charge in [0.1, 0.15) is 0 Å². The molecule has 0 radical (unpaired) electrons. The molecule has 0 saturated heterocycles. The van der Waals surface area contributed by atoms with Crippen LogP contribution in [0, 0.1) is 34.6 Å². The number of halogens is 2. The molecule has 2 aromatic rings. The van der Waals surface area contributed by atoms with Crippen molar-refractivity contribution in [1.29, 1.82) is 0 Å². The first-order valence-electron chi connectivity index (χ1n) is 6.52. The van der Waals surface area contributed by atoms with Gasteiger partial charge in [-0.3, -0.25) is 0 Å². The van der Waals surface area contributed by atoms with Crippen molar-refractivity contribution in [3.63, 3.8) is 0 Å². The number of hydrogen-bond acceptors (Lipinski definition) is 2. The van der Waals surface area contributed by atoms with Gasteiger partial charge in [0, 0.05) is 9.35 Å². The first-order valence-corrected chi connectivity index (χ1v) is 8.93. The molecule has 0 fully saturated rings. The smallest absolute Gasteiger partial charge is 0.0843 e. The maximum Gasteiger partial charge on any atom is 0.0843 e. The van der Waals surface area contributed by atoms with Gasteiger partial charge in [-0.2, -0.15) is 0 Å². The van der Waals surface area contributed by atoms with Crippen LogP contribution in [-0.4, -0.2) is 0 Å². The summed E-state index contributed by atoms with van der Waals surface area (Å²) in [7, 11) is 0. The highest BCUT2D eigenvalue weighted by atomic mass is 79.9. The third kappa shape index (κ3) is 2.63. The molecule has 4 heteroatoms. The van der Waals surface area contributed by atoms with E-state index in [9.17, 15) is 0 Å². The van der Waals surface area contributed by atoms with Crippen molar-refractivity contribution in [2.24, 2.45) is 5.73 Å². The maximum atomic E-state index is 6.56. The lowest BCUT2D eigenvalue weighted by Gasteiger charge is -2.22. The minimum Gasteiger partial charge on any atom is -0.320 e. The molecule has 1 unspecified atom stereocenters. The molecular weight excluding hydrogens is 398 g/mol. The summed E-state index contributed by atoms with van der Waals surface area (Å²) in [4.78, 5) is 1.18. The summed E-state index contributed by atoms with van der Waals surface area (Å²) in [5.74, 6) is 0. The molecule has 0 aliphatic rings. The molecule has 0 saturated carbocycles. The Morgan fingerprint density at radius 1 is 0.900 bits per heavy atom. The summed E-state index contributed by atoms with van der Waals surface area (Å²) in [5, 5.41) is 0. The molecule has 1 nitrogen and oxygen atoms in total. The predicted molar refractivity (Wildman–Crippen MR) is 95.9 cm³/mol. The van der Waals surface area contributed by atoms with E-state index in [-0.39, 0.29) is 6.04 Å². The topological polar surface area (TPSA) is 26.0 Å². The molecule has 1 atom stereocenters. The Labute approximate surface area is 141 Å². The number of nitrogens with two attached hydrogens (primary N) is 1. The van der Waals surface area contributed by atoms with E-state index in [4.69, 9.17) is 5.73 Å². The lowest BCUT2D eigenvalue weighted by atomic mass is 9.86. The van der Waals surface area contributed by atoms with Crippen molar-refractivity contribution in [2.45, 2.75) is 40.7 Å². The lowest BCUT2D eigenvalue weighted by molar-refractivity contribution is 0.861. The second-order valence-electron chi connectivity index (χ2n) is 5.29. The molecule has 0 spiro atoms. The zero-order valence-corrected chi connectivity index (χ0v) is 16.4. The molecule has 1 heterocycles. The van der Waals surface area contributed by atoms with Crippen LogP contribution in [0.2, 0.25) is 0 Å². The SMILES string of the molecule is Cc1c(C)c(C)c(C(N)c2cc(Br)c(Br)s2)c(C)c1C. The van der Waals surface area contributed by atoms with Crippen LogP contribution in [0.4, 0.5) is 0 Å². The van der Waals surface area contributed by atoms with Gasteiger partial charge >= 0.3 is 0 Å². The fraction of sp³-hybridized carbons (Fsp3) is 0.375. The van der Waals surface area contributed by atoms with Gasteiger partial charge in [-0.05, 0) is 106 Å². The van der Waals surface area contributed by atoms with Gasteiger partial charge < -0.3 is 5.73 Å². The Hall–Kier alpha value is -0.160. The average molecular weight is 417 g/mol. The predicted octanol–water partition coefficient (Wildman–Crippen LogP) is 5.86. The van der Waals surface area contributed by atoms with Gasteiger partial charge in [0.05, 0.1) is 9.83 Å². The van der Waals surface area contributed by atoms with Crippen molar-refractivity contribution in [1.82, 2.24) is 0 Å². The zero-order chi connectivity index (χ0) is 15.2. The zero-order valence-electron chi connectivity index (χ0n) is 12.4. The summed E-state index contributed by atoms with van der Waals surface area (Å²) in [6, 6.07) is 2.05. The molecule has 108 valence electrons. The highest BCUT2D eigenvalue weighted by Crippen LogP contribution is 2.39. The van der Waals surface area contributed by atoms with E-state index in [2.05, 4.69) is 72.5 Å². The highest BCUT2D eigenvalue weighted by molar-refractivity contribution is 9.13. The summed E-state index contributed by atoms with van der Waals surface area (Å²) in [5.41, 5.74) is 14.6. The molecular formula is C16H19Br2NS. The van der Waals surface area contributed by atoms with Crippen molar-refractivity contribution in [3.05, 3.63) is 52.6 Å². The average Bonchev–Trinajstić information content (AvgIpc) is 2.74. The Morgan fingerprint density at radius 2 is 1.35 bits per heavy atom. The molecule has 0 amide bonds. The molecule has 0 aliphatic carbocycles. The van der Waals surface area contributed by atoms with E-state index in [1.54, 1.807) is 11.3 Å². The number of hydrogen-bond donors (Lipinski definition) is 1. The molecule has 0 bridgehead atoms. The standard InChI is InChI=1S/C16H19Br2NS/c1-7-8(2)10(4)14(11(5)9(7)3)15(19)13-6-12(17)16(18)20-13/h6,15H,19H2,1-5H3. The van der Waals surface area contributed by atoms with Crippen LogP contribution >= 0.6 is 43.2 Å². The first kappa shape index (κ1) is 16.2. The third-order valence-electron chi connectivity index (χ3n) is 4.34. The van der Waals surface area contributed by atoms with E-state index in [1.165, 1.54) is 38.3 Å². The number of thiophene rings is 1. The molecule has 1 aromatic heterocycles. The van der Waals surface area contributed by atoms with Gasteiger partial charge in [-0.15, -0.1) is 11.3 Å². The Kier molecular flexibility index (Phi) is 4.80. The second kappa shape index (κ2) is 5.91. The molecule has 2 rings (SSSR count). The summed E-state index contributed by atoms with van der Waals surface area (Å²) in [6.45, 7) is 10.9. The van der Waals surface area contributed by atoms with Crippen LogP contribution in [0.15, 0.2) is 14.3 Å². The van der Waals surface area contributed by atoms with Crippen molar-refractivity contribution in [2.75, 3.05) is 0 Å². The monoisotopic (exact) mass is 415 g/mol. The fourth-order valence-electron chi connectivity index (χ4n) is 2.65. The largest absolute Gasteiger partial charge is 0.320 e. The van der Waals surface area contributed by atoms with Crippen molar-refractivity contribution in [3.8, 4) is 0 Å². The summed E-state index contributed by atoms with van der Waals surface area (Å²) >= 11 is 8.79. The first-order chi connectivity index (χ1) is 9.25. The van der Waals surface area contributed by atoms with Crippen LogP contribution in [-0.2, 0) is 0 Å². The van der Waals surface area contributed by atoms with Crippen LogP contribution < -0.4 is 5.73 Å². The third-order valence-corrected chi connectivity index (χ3v) is 7.68. The normalized spacial score (nSPS) is 12.8. The van der Waals surface area contributed by atoms with Crippen LogP contribution in [0.3, 0.4) is 0 Å². The Balaban J connectivity index is 2.63. The Morgan fingerprint density at radius 3 is 1.75 bits per heavy atom. The van der Waals surface area contributed by atoms with E-state index in [1.807, 2.05) is 0 Å². The maximum absolute atomic E-state index is 6.56. The molecule has 1 aromatic carbocycles. The van der Waals surface area contributed by atoms with Crippen molar-refractivity contribution < 1.29 is 0 Å². The minimum absolute atomic E-state index is 0.0689. The van der Waals surface area contributed by atoms with Crippen LogP contribution in [0.5, 0.6) is 0 Å². The van der Waals surface area contributed by atoms with Crippen LogP contribution in [0.25, 0.3) is 0 Å². The van der Waals surface area contributed by atoms with Gasteiger partial charge in [0.15, 0.2) is 0 Å². The van der Waals surface area contributed by atoms with Gasteiger partial charge in [-0.1, -0.05) is 0 Å². The summed E-state index contributed by atoms with van der Waals surface area (Å²) < 4.78 is 2.17. The van der Waals surface area contributed by atoms with E-state index < -0.39 is 0 Å². The van der Waals surface area contributed by atoms with Gasteiger partial charge in [-0.25, -0.2) is 0 Å². The summed E-state index contributed by atoms with van der Waals surface area (Å²) in [6.07, 6.45) is 0. The van der Waals surface area contributed by atoms with Crippen LogP contribution in [0.1, 0.15) is 44.3 Å². The van der Waals surface area contributed by atoms with E-state index in [0.717, 1.165) is 8.26 Å². The minimum atomic E-state index is -0.0689. The number of rotatable bonds is 2. The second-order valence-corrected chi connectivity index (χ2v) is 8.54. The quantitative estimate of drug-likeness (QED) is 0.651. The number of benzene rings is 1. The van der Waals surface area contributed by atoms with Gasteiger partial charge in [0.2, 0.25) is 0 Å². The van der Waals surface area contributed by atoms with Gasteiger partial charge in [0.25, 0.3) is 0 Å². The molecule has 20 heavy (non-hydrogen) atoms. The molecule has 0 aliphatic heterocycles. The van der Waals surface area contributed by atoms with E-state index in [0.29, 0.717) is 0 Å². The van der Waals surface area contributed by atoms with E-state index >= 15 is 0 Å². The Bertz CT molecular complexity index is 625. The lowest BCUT2D eigenvalue weighted by Crippen LogP contribution is -2.16. The van der Waals surface area contributed by atoms with Crippen molar-refractivity contribution >= 4 is 43.2 Å². The highest BCUT2D eigenvalue weighted by Gasteiger charge is 2.21. The fourth-order valence-corrected chi connectivity index (χ4v) is 4.76. The molecule has 2 N–H and O–H groups in total.